The normalized spacial score (nSPS) is 9.64. The Labute approximate surface area is 72.7 Å². The van der Waals surface area contributed by atoms with Crippen LogP contribution in [0, 0.1) is 0 Å². The van der Waals surface area contributed by atoms with E-state index in [0.717, 1.165) is 24.6 Å². The molecule has 2 nitrogen and oxygen atoms in total. The van der Waals surface area contributed by atoms with E-state index in [1.54, 1.807) is 6.26 Å². The fourth-order valence-electron chi connectivity index (χ4n) is 0.743. The first-order chi connectivity index (χ1) is 5.31. The van der Waals surface area contributed by atoms with Crippen molar-refractivity contribution in [1.29, 1.82) is 0 Å². The maximum Gasteiger partial charge on any atom is 0.367 e. The average molecular weight is 176 g/mol. The van der Waals surface area contributed by atoms with Gasteiger partial charge in [-0.2, -0.15) is 0 Å². The van der Waals surface area contributed by atoms with Crippen LogP contribution in [0.5, 0.6) is 0 Å². The van der Waals surface area contributed by atoms with Crippen molar-refractivity contribution < 1.29 is 9.53 Å². The van der Waals surface area contributed by atoms with E-state index in [1.165, 1.54) is 12.8 Å². The van der Waals surface area contributed by atoms with Crippen LogP contribution in [0.3, 0.4) is 0 Å². The number of thioether (sulfide) groups is 1. The first-order valence-corrected chi connectivity index (χ1v) is 5.24. The molecule has 0 spiro atoms. The van der Waals surface area contributed by atoms with Gasteiger partial charge in [0.2, 0.25) is 0 Å². The van der Waals surface area contributed by atoms with Crippen molar-refractivity contribution in [3.05, 3.63) is 0 Å². The average Bonchev–Trinajstić information content (AvgIpc) is 2.04. The number of hydrogen-bond donors (Lipinski definition) is 0. The Hall–Kier alpha value is -0.180. The number of hydrogen-bond acceptors (Lipinski definition) is 3. The van der Waals surface area contributed by atoms with Gasteiger partial charge < -0.3 is 4.74 Å². The molecule has 0 saturated heterocycles. The van der Waals surface area contributed by atoms with Crippen molar-refractivity contribution in [3.8, 4) is 0 Å². The maximum atomic E-state index is 10.6. The van der Waals surface area contributed by atoms with Crippen LogP contribution < -0.4 is 0 Å². The quantitative estimate of drug-likeness (QED) is 0.475. The molecule has 0 radical (unpaired) electrons. The molecule has 0 aliphatic carbocycles. The highest BCUT2D eigenvalue weighted by molar-refractivity contribution is 8.12. The lowest BCUT2D eigenvalue weighted by Crippen LogP contribution is -1.98. The van der Waals surface area contributed by atoms with Gasteiger partial charge in [-0.25, -0.2) is 4.79 Å². The molecule has 0 fully saturated rings. The summed E-state index contributed by atoms with van der Waals surface area (Å²) in [6.45, 7) is 2.74. The predicted octanol–water partition coefficient (Wildman–Crippen LogP) is 3.07. The van der Waals surface area contributed by atoms with Gasteiger partial charge in [-0.3, -0.25) is 0 Å². The van der Waals surface area contributed by atoms with E-state index in [4.69, 9.17) is 4.74 Å². The zero-order valence-electron chi connectivity index (χ0n) is 7.26. The minimum absolute atomic E-state index is 0.165. The summed E-state index contributed by atoms with van der Waals surface area (Å²) in [7, 11) is 0. The lowest BCUT2D eigenvalue weighted by Gasteiger charge is -2.00. The molecule has 0 aliphatic rings. The monoisotopic (exact) mass is 176 g/mol. The van der Waals surface area contributed by atoms with Crippen molar-refractivity contribution in [1.82, 2.24) is 0 Å². The van der Waals surface area contributed by atoms with E-state index in [2.05, 4.69) is 6.92 Å². The van der Waals surface area contributed by atoms with Crippen LogP contribution in [0.2, 0.25) is 0 Å². The molecular weight excluding hydrogens is 160 g/mol. The van der Waals surface area contributed by atoms with Gasteiger partial charge in [0, 0.05) is 0 Å². The standard InChI is InChI=1S/C8H16O2S/c1-3-4-5-6-7-10-8(9)11-2/h3-7H2,1-2H3. The van der Waals surface area contributed by atoms with Gasteiger partial charge in [-0.1, -0.05) is 26.2 Å². The van der Waals surface area contributed by atoms with Crippen LogP contribution in [0.4, 0.5) is 4.79 Å². The Morgan fingerprint density at radius 3 is 2.64 bits per heavy atom. The zero-order valence-corrected chi connectivity index (χ0v) is 8.08. The summed E-state index contributed by atoms with van der Waals surface area (Å²) in [5.74, 6) is 0. The summed E-state index contributed by atoms with van der Waals surface area (Å²) in [5, 5.41) is -0.165. The van der Waals surface area contributed by atoms with E-state index in [1.807, 2.05) is 0 Å². The second-order valence-electron chi connectivity index (χ2n) is 2.36. The molecule has 0 saturated carbocycles. The lowest BCUT2D eigenvalue weighted by molar-refractivity contribution is 0.172. The van der Waals surface area contributed by atoms with Crippen molar-refractivity contribution in [2.75, 3.05) is 12.9 Å². The molecule has 66 valence electrons. The molecule has 0 bridgehead atoms. The Bertz CT molecular complexity index is 104. The third-order valence-corrected chi connectivity index (χ3v) is 1.84. The fourth-order valence-corrected chi connectivity index (χ4v) is 0.944. The summed E-state index contributed by atoms with van der Waals surface area (Å²) in [4.78, 5) is 10.6. The summed E-state index contributed by atoms with van der Waals surface area (Å²) >= 11 is 1.13. The van der Waals surface area contributed by atoms with Crippen LogP contribution in [0.1, 0.15) is 32.6 Å². The summed E-state index contributed by atoms with van der Waals surface area (Å²) in [5.41, 5.74) is 0. The molecular formula is C8H16O2S. The third kappa shape index (κ3) is 7.72. The second kappa shape index (κ2) is 7.92. The van der Waals surface area contributed by atoms with Crippen LogP contribution in [0.15, 0.2) is 0 Å². The molecule has 0 aromatic carbocycles. The Morgan fingerprint density at radius 1 is 1.36 bits per heavy atom. The Kier molecular flexibility index (Phi) is 7.79. The van der Waals surface area contributed by atoms with E-state index < -0.39 is 0 Å². The molecule has 0 aromatic heterocycles. The van der Waals surface area contributed by atoms with Crippen LogP contribution in [0.25, 0.3) is 0 Å². The third-order valence-electron chi connectivity index (χ3n) is 1.38. The van der Waals surface area contributed by atoms with Crippen LogP contribution in [-0.2, 0) is 4.74 Å². The summed E-state index contributed by atoms with van der Waals surface area (Å²) < 4.78 is 4.86. The topological polar surface area (TPSA) is 26.3 Å². The maximum absolute atomic E-state index is 10.6. The highest BCUT2D eigenvalue weighted by atomic mass is 32.2. The predicted molar refractivity (Wildman–Crippen MR) is 49.0 cm³/mol. The van der Waals surface area contributed by atoms with E-state index in [0.29, 0.717) is 6.61 Å². The van der Waals surface area contributed by atoms with Gasteiger partial charge in [-0.05, 0) is 24.4 Å². The van der Waals surface area contributed by atoms with E-state index in [-0.39, 0.29) is 5.30 Å². The molecule has 0 N–H and O–H groups in total. The highest BCUT2D eigenvalue weighted by Crippen LogP contribution is 2.02. The minimum Gasteiger partial charge on any atom is -0.458 e. The van der Waals surface area contributed by atoms with Crippen molar-refractivity contribution in [2.24, 2.45) is 0 Å². The SMILES string of the molecule is CCCCCCOC(=O)SC. The first kappa shape index (κ1) is 10.8. The van der Waals surface area contributed by atoms with Gasteiger partial charge in [0.15, 0.2) is 0 Å². The molecule has 11 heavy (non-hydrogen) atoms. The molecule has 0 aliphatic heterocycles. The van der Waals surface area contributed by atoms with E-state index >= 15 is 0 Å². The molecule has 0 heterocycles. The number of carbonyl (C=O) groups excluding carboxylic acids is 1. The number of carbonyl (C=O) groups is 1. The number of unbranched alkanes of at least 4 members (excludes halogenated alkanes) is 3. The minimum atomic E-state index is -0.165. The lowest BCUT2D eigenvalue weighted by atomic mass is 10.2. The van der Waals surface area contributed by atoms with Crippen molar-refractivity contribution in [2.45, 2.75) is 32.6 Å². The molecule has 0 atom stereocenters. The summed E-state index contributed by atoms with van der Waals surface area (Å²) in [6, 6.07) is 0. The molecule has 3 heteroatoms. The van der Waals surface area contributed by atoms with Gasteiger partial charge in [0.05, 0.1) is 6.61 Å². The number of ether oxygens (including phenoxy) is 1. The van der Waals surface area contributed by atoms with Crippen LogP contribution >= 0.6 is 11.8 Å². The van der Waals surface area contributed by atoms with Gasteiger partial charge >= 0.3 is 5.30 Å². The second-order valence-corrected chi connectivity index (χ2v) is 3.10. The fraction of sp³-hybridized carbons (Fsp3) is 0.875. The zero-order chi connectivity index (χ0) is 8.53. The number of rotatable bonds is 5. The molecule has 0 unspecified atom stereocenters. The highest BCUT2D eigenvalue weighted by Gasteiger charge is 1.96. The molecule has 0 rings (SSSR count). The molecule has 0 amide bonds. The van der Waals surface area contributed by atoms with Crippen molar-refractivity contribution in [3.63, 3.8) is 0 Å². The Morgan fingerprint density at radius 2 is 2.09 bits per heavy atom. The molecule has 0 aromatic rings. The summed E-state index contributed by atoms with van der Waals surface area (Å²) in [6.07, 6.45) is 6.35. The van der Waals surface area contributed by atoms with Crippen molar-refractivity contribution >= 4 is 17.1 Å². The largest absolute Gasteiger partial charge is 0.458 e. The van der Waals surface area contributed by atoms with Gasteiger partial charge in [-0.15, -0.1) is 0 Å². The van der Waals surface area contributed by atoms with Gasteiger partial charge in [0.25, 0.3) is 0 Å². The van der Waals surface area contributed by atoms with E-state index in [9.17, 15) is 4.79 Å². The smallest absolute Gasteiger partial charge is 0.367 e. The first-order valence-electron chi connectivity index (χ1n) is 4.02. The van der Waals surface area contributed by atoms with Gasteiger partial charge in [0.1, 0.15) is 0 Å². The van der Waals surface area contributed by atoms with Crippen LogP contribution in [-0.4, -0.2) is 18.2 Å². The Balaban J connectivity index is 2.95.